The predicted molar refractivity (Wildman–Crippen MR) is 63.3 cm³/mol. The molecule has 0 aliphatic heterocycles. The van der Waals surface area contributed by atoms with Gasteiger partial charge in [-0.15, -0.1) is 0 Å². The van der Waals surface area contributed by atoms with E-state index in [4.69, 9.17) is 9.79 Å². The number of esters is 2. The van der Waals surface area contributed by atoms with Gasteiger partial charge in [0.05, 0.1) is 0 Å². The van der Waals surface area contributed by atoms with Crippen molar-refractivity contribution in [1.82, 2.24) is 0 Å². The highest BCUT2D eigenvalue weighted by Gasteiger charge is 2.41. The summed E-state index contributed by atoms with van der Waals surface area (Å²) < 4.78 is 24.1. The van der Waals surface area contributed by atoms with Crippen molar-refractivity contribution >= 4 is 19.8 Å². The molecule has 0 aromatic rings. The Bertz CT molecular complexity index is 432. The van der Waals surface area contributed by atoms with Crippen LogP contribution in [-0.2, 0) is 28.2 Å². The Labute approximate surface area is 109 Å². The molecule has 0 spiro atoms. The summed E-state index contributed by atoms with van der Waals surface area (Å²) in [7, 11) is -5.07. The Balaban J connectivity index is 5.18. The summed E-state index contributed by atoms with van der Waals surface area (Å²) in [4.78, 5) is 40.1. The SMILES string of the molecule is C=C(C)C(=O)OC(C)(OC(=O)C(=C)C)OP(=O)(O)O. The van der Waals surface area contributed by atoms with Crippen LogP contribution in [0.4, 0.5) is 0 Å². The second-order valence-electron chi connectivity index (χ2n) is 3.78. The smallest absolute Gasteiger partial charge is 0.394 e. The molecular weight excluding hydrogens is 279 g/mol. The highest BCUT2D eigenvalue weighted by molar-refractivity contribution is 7.46. The van der Waals surface area contributed by atoms with Gasteiger partial charge < -0.3 is 19.3 Å². The van der Waals surface area contributed by atoms with Gasteiger partial charge in [-0.25, -0.2) is 18.7 Å². The number of ether oxygens (including phenoxy) is 2. The Morgan fingerprint density at radius 2 is 1.37 bits per heavy atom. The van der Waals surface area contributed by atoms with Gasteiger partial charge >= 0.3 is 25.7 Å². The summed E-state index contributed by atoms with van der Waals surface area (Å²) in [6, 6.07) is 0. The van der Waals surface area contributed by atoms with E-state index >= 15 is 0 Å². The summed E-state index contributed by atoms with van der Waals surface area (Å²) in [6.45, 7) is 9.98. The first-order valence-corrected chi connectivity index (χ1v) is 6.43. The van der Waals surface area contributed by atoms with Gasteiger partial charge in [-0.2, -0.15) is 0 Å². The Hall–Kier alpha value is -1.47. The fraction of sp³-hybridized carbons (Fsp3) is 0.400. The number of hydrogen-bond donors (Lipinski definition) is 2. The number of rotatable bonds is 6. The number of phosphoric acid groups is 1. The molecule has 8 nitrogen and oxygen atoms in total. The first-order valence-electron chi connectivity index (χ1n) is 4.90. The van der Waals surface area contributed by atoms with Crippen LogP contribution in [0.5, 0.6) is 0 Å². The van der Waals surface area contributed by atoms with Gasteiger partial charge in [-0.3, -0.25) is 0 Å². The van der Waals surface area contributed by atoms with Gasteiger partial charge in [0.15, 0.2) is 0 Å². The van der Waals surface area contributed by atoms with Gasteiger partial charge in [-0.05, 0) is 13.8 Å². The fourth-order valence-corrected chi connectivity index (χ4v) is 1.29. The lowest BCUT2D eigenvalue weighted by Gasteiger charge is -2.28. The van der Waals surface area contributed by atoms with E-state index in [-0.39, 0.29) is 11.1 Å². The van der Waals surface area contributed by atoms with Crippen molar-refractivity contribution in [2.45, 2.75) is 26.7 Å². The van der Waals surface area contributed by atoms with Crippen molar-refractivity contribution in [3.63, 3.8) is 0 Å². The van der Waals surface area contributed by atoms with Crippen molar-refractivity contribution in [2.75, 3.05) is 0 Å². The first kappa shape index (κ1) is 17.5. The Morgan fingerprint density at radius 3 is 1.58 bits per heavy atom. The molecule has 0 amide bonds. The standard InChI is InChI=1S/C10H15O8P/c1-6(2)8(11)16-10(5,18-19(13,14)15)17-9(12)7(3)4/h1,3H2,2,4-5H3,(H2,13,14,15). The quantitative estimate of drug-likeness (QED) is 0.322. The molecule has 0 aliphatic rings. The molecule has 108 valence electrons. The average Bonchev–Trinajstić information content (AvgIpc) is 2.12. The molecule has 0 atom stereocenters. The lowest BCUT2D eigenvalue weighted by Crippen LogP contribution is -2.39. The van der Waals surface area contributed by atoms with Crippen LogP contribution in [0.15, 0.2) is 24.3 Å². The van der Waals surface area contributed by atoms with Gasteiger partial charge in [0.1, 0.15) is 0 Å². The van der Waals surface area contributed by atoms with Crippen LogP contribution in [0, 0.1) is 0 Å². The molecule has 0 heterocycles. The van der Waals surface area contributed by atoms with Crippen LogP contribution in [0.1, 0.15) is 20.8 Å². The van der Waals surface area contributed by atoms with E-state index in [9.17, 15) is 14.2 Å². The highest BCUT2D eigenvalue weighted by atomic mass is 31.2. The minimum absolute atomic E-state index is 0.0769. The summed E-state index contributed by atoms with van der Waals surface area (Å²) >= 11 is 0. The summed E-state index contributed by atoms with van der Waals surface area (Å²) in [5.41, 5.74) is -0.154. The van der Waals surface area contributed by atoms with E-state index in [0.717, 1.165) is 6.92 Å². The second-order valence-corrected chi connectivity index (χ2v) is 4.95. The predicted octanol–water partition coefficient (Wildman–Crippen LogP) is 1.01. The van der Waals surface area contributed by atoms with Crippen molar-refractivity contribution in [3.05, 3.63) is 24.3 Å². The fourth-order valence-electron chi connectivity index (χ4n) is 0.785. The average molecular weight is 294 g/mol. The van der Waals surface area contributed by atoms with Crippen LogP contribution < -0.4 is 0 Å². The van der Waals surface area contributed by atoms with Gasteiger partial charge in [0.2, 0.25) is 0 Å². The molecule has 19 heavy (non-hydrogen) atoms. The lowest BCUT2D eigenvalue weighted by molar-refractivity contribution is -0.300. The van der Waals surface area contributed by atoms with Crippen molar-refractivity contribution < 1.29 is 37.9 Å². The molecular formula is C10H15O8P. The maximum atomic E-state index is 11.3. The van der Waals surface area contributed by atoms with Crippen LogP contribution in [0.25, 0.3) is 0 Å². The van der Waals surface area contributed by atoms with E-state index in [1.54, 1.807) is 0 Å². The zero-order chi connectivity index (χ0) is 15.4. The minimum atomic E-state index is -5.07. The van der Waals surface area contributed by atoms with Gasteiger partial charge in [-0.1, -0.05) is 13.2 Å². The molecule has 0 saturated carbocycles. The lowest BCUT2D eigenvalue weighted by atomic mass is 10.3. The molecule has 0 aromatic heterocycles. The van der Waals surface area contributed by atoms with Crippen LogP contribution in [0.2, 0.25) is 0 Å². The summed E-state index contributed by atoms with van der Waals surface area (Å²) in [5.74, 6) is -4.69. The van der Waals surface area contributed by atoms with E-state index in [1.807, 2.05) is 0 Å². The second kappa shape index (κ2) is 6.12. The zero-order valence-electron chi connectivity index (χ0n) is 10.7. The number of carbonyl (C=O) groups excluding carboxylic acids is 2. The molecule has 0 radical (unpaired) electrons. The monoisotopic (exact) mass is 294 g/mol. The topological polar surface area (TPSA) is 119 Å². The normalized spacial score (nSPS) is 11.6. The van der Waals surface area contributed by atoms with Gasteiger partial charge in [0, 0.05) is 18.1 Å². The van der Waals surface area contributed by atoms with Crippen molar-refractivity contribution in [1.29, 1.82) is 0 Å². The first-order chi connectivity index (χ1) is 8.36. The molecule has 0 aromatic carbocycles. The summed E-state index contributed by atoms with van der Waals surface area (Å²) in [6.07, 6.45) is 0. The Morgan fingerprint density at radius 1 is 1.05 bits per heavy atom. The van der Waals surface area contributed by atoms with E-state index in [0.29, 0.717) is 0 Å². The third-order valence-electron chi connectivity index (χ3n) is 1.54. The largest absolute Gasteiger partial charge is 0.475 e. The highest BCUT2D eigenvalue weighted by Crippen LogP contribution is 2.42. The van der Waals surface area contributed by atoms with Crippen LogP contribution in [0.3, 0.4) is 0 Å². The molecule has 9 heteroatoms. The third kappa shape index (κ3) is 6.88. The maximum absolute atomic E-state index is 11.3. The molecule has 0 fully saturated rings. The van der Waals surface area contributed by atoms with Crippen molar-refractivity contribution in [3.8, 4) is 0 Å². The molecule has 0 unspecified atom stereocenters. The van der Waals surface area contributed by atoms with Crippen LogP contribution >= 0.6 is 7.82 Å². The molecule has 2 N–H and O–H groups in total. The van der Waals surface area contributed by atoms with Crippen molar-refractivity contribution in [2.24, 2.45) is 0 Å². The number of hydrogen-bond acceptors (Lipinski definition) is 6. The number of phosphoric ester groups is 1. The maximum Gasteiger partial charge on any atom is 0.475 e. The Kier molecular flexibility index (Phi) is 5.64. The molecule has 0 bridgehead atoms. The minimum Gasteiger partial charge on any atom is -0.394 e. The van der Waals surface area contributed by atoms with Crippen LogP contribution in [-0.4, -0.2) is 27.7 Å². The number of carbonyl (C=O) groups is 2. The third-order valence-corrected chi connectivity index (χ3v) is 2.11. The van der Waals surface area contributed by atoms with E-state index in [1.165, 1.54) is 13.8 Å². The van der Waals surface area contributed by atoms with Gasteiger partial charge in [0.25, 0.3) is 0 Å². The molecule has 0 aliphatic carbocycles. The zero-order valence-corrected chi connectivity index (χ0v) is 11.6. The molecule has 0 saturated heterocycles. The van der Waals surface area contributed by atoms with E-state index in [2.05, 4.69) is 27.2 Å². The van der Waals surface area contributed by atoms with E-state index < -0.39 is 25.7 Å². The summed E-state index contributed by atoms with van der Waals surface area (Å²) in [5, 5.41) is 0. The molecule has 0 rings (SSSR count).